The quantitative estimate of drug-likeness (QED) is 0.900. The molecule has 2 aromatic heterocycles. The van der Waals surface area contributed by atoms with E-state index >= 15 is 0 Å². The Kier molecular flexibility index (Phi) is 4.92. The molecule has 0 amide bonds. The maximum atomic E-state index is 5.54. The summed E-state index contributed by atoms with van der Waals surface area (Å²) in [5, 5.41) is 12.4. The van der Waals surface area contributed by atoms with Gasteiger partial charge in [0.15, 0.2) is 11.5 Å². The second-order valence-corrected chi connectivity index (χ2v) is 7.97. The Bertz CT molecular complexity index is 730. The van der Waals surface area contributed by atoms with E-state index in [0.717, 1.165) is 31.2 Å². The molecule has 1 aliphatic carbocycles. The van der Waals surface area contributed by atoms with Crippen LogP contribution in [0.4, 0.5) is 0 Å². The minimum atomic E-state index is -0.0491. The molecule has 1 saturated heterocycles. The third-order valence-corrected chi connectivity index (χ3v) is 4.84. The van der Waals surface area contributed by atoms with Crippen molar-refractivity contribution < 1.29 is 4.52 Å². The smallest absolute Gasteiger partial charge is 0.278 e. The van der Waals surface area contributed by atoms with Crippen LogP contribution in [0, 0.1) is 0 Å². The molecule has 0 radical (unpaired) electrons. The average Bonchev–Trinajstić information content (AvgIpc) is 3.09. The van der Waals surface area contributed by atoms with Crippen molar-refractivity contribution in [3.63, 3.8) is 0 Å². The van der Waals surface area contributed by atoms with Crippen molar-refractivity contribution in [3.8, 4) is 11.6 Å². The molecule has 8 heteroatoms. The van der Waals surface area contributed by atoms with Gasteiger partial charge >= 0.3 is 0 Å². The van der Waals surface area contributed by atoms with Crippen molar-refractivity contribution >= 4 is 12.4 Å². The van der Waals surface area contributed by atoms with Crippen molar-refractivity contribution in [1.29, 1.82) is 0 Å². The standard InChI is InChI=1S/C17H26N6O.ClH/c1-17(2,3)23-13(11-5-6-11)9-12(20-23)16-19-15(21-24-16)14-10-18-7-8-22(14)4;/h9,11,14,18H,5-8,10H2,1-4H3;1H. The van der Waals surface area contributed by atoms with Gasteiger partial charge in [0.05, 0.1) is 11.6 Å². The van der Waals surface area contributed by atoms with Crippen molar-refractivity contribution in [1.82, 2.24) is 30.1 Å². The summed E-state index contributed by atoms with van der Waals surface area (Å²) < 4.78 is 7.67. The molecule has 2 aromatic rings. The second-order valence-electron chi connectivity index (χ2n) is 7.97. The van der Waals surface area contributed by atoms with Gasteiger partial charge < -0.3 is 9.84 Å². The van der Waals surface area contributed by atoms with Crippen LogP contribution >= 0.6 is 12.4 Å². The maximum absolute atomic E-state index is 5.54. The van der Waals surface area contributed by atoms with Crippen molar-refractivity contribution in [3.05, 3.63) is 17.6 Å². The summed E-state index contributed by atoms with van der Waals surface area (Å²) in [5.41, 5.74) is 2.03. The Labute approximate surface area is 154 Å². The van der Waals surface area contributed by atoms with Gasteiger partial charge in [-0.2, -0.15) is 10.1 Å². The molecule has 1 atom stereocenters. The molecule has 0 aromatic carbocycles. The number of nitrogens with zero attached hydrogens (tertiary/aromatic N) is 5. The largest absolute Gasteiger partial charge is 0.332 e. The number of rotatable bonds is 3. The highest BCUT2D eigenvalue weighted by Gasteiger charge is 2.33. The molecule has 25 heavy (non-hydrogen) atoms. The van der Waals surface area contributed by atoms with E-state index in [4.69, 9.17) is 9.62 Å². The third-order valence-electron chi connectivity index (χ3n) is 4.84. The average molecular weight is 367 g/mol. The summed E-state index contributed by atoms with van der Waals surface area (Å²) in [5.74, 6) is 1.88. The predicted octanol–water partition coefficient (Wildman–Crippen LogP) is 2.56. The number of likely N-dealkylation sites (N-methyl/N-ethyl adjacent to an activating group) is 1. The first-order chi connectivity index (χ1) is 11.4. The van der Waals surface area contributed by atoms with Crippen LogP contribution in [0.2, 0.25) is 0 Å². The van der Waals surface area contributed by atoms with Crippen molar-refractivity contribution in [2.45, 2.75) is 51.1 Å². The van der Waals surface area contributed by atoms with E-state index in [1.165, 1.54) is 18.5 Å². The molecule has 1 unspecified atom stereocenters. The number of hydrogen-bond donors (Lipinski definition) is 1. The van der Waals surface area contributed by atoms with Crippen LogP contribution < -0.4 is 5.32 Å². The minimum absolute atomic E-state index is 0. The van der Waals surface area contributed by atoms with E-state index in [1.54, 1.807) is 0 Å². The number of halogens is 1. The summed E-state index contributed by atoms with van der Waals surface area (Å²) in [4.78, 5) is 6.89. The Balaban J connectivity index is 0.00000182. The van der Waals surface area contributed by atoms with Gasteiger partial charge in [-0.15, -0.1) is 12.4 Å². The van der Waals surface area contributed by atoms with Crippen LogP contribution in [0.25, 0.3) is 11.6 Å². The molecule has 0 bridgehead atoms. The molecular formula is C17H27ClN6O. The fraction of sp³-hybridized carbons (Fsp3) is 0.706. The lowest BCUT2D eigenvalue weighted by Crippen LogP contribution is -2.44. The Morgan fingerprint density at radius 3 is 2.68 bits per heavy atom. The van der Waals surface area contributed by atoms with Crippen LogP contribution in [0.5, 0.6) is 0 Å². The van der Waals surface area contributed by atoms with Gasteiger partial charge in [-0.25, -0.2) is 0 Å². The second kappa shape index (κ2) is 6.70. The number of piperazine rings is 1. The van der Waals surface area contributed by atoms with E-state index in [0.29, 0.717) is 11.8 Å². The van der Waals surface area contributed by atoms with Gasteiger partial charge in [0, 0.05) is 31.2 Å². The van der Waals surface area contributed by atoms with Crippen LogP contribution in [0.1, 0.15) is 57.1 Å². The molecule has 138 valence electrons. The van der Waals surface area contributed by atoms with Gasteiger partial charge in [0.25, 0.3) is 5.89 Å². The van der Waals surface area contributed by atoms with E-state index in [2.05, 4.69) is 58.9 Å². The summed E-state index contributed by atoms with van der Waals surface area (Å²) in [6.07, 6.45) is 2.49. The molecule has 1 N–H and O–H groups in total. The summed E-state index contributed by atoms with van der Waals surface area (Å²) >= 11 is 0. The van der Waals surface area contributed by atoms with E-state index in [1.807, 2.05) is 0 Å². The summed E-state index contributed by atoms with van der Waals surface area (Å²) in [6, 6.07) is 2.28. The lowest BCUT2D eigenvalue weighted by Gasteiger charge is -2.30. The molecule has 2 fully saturated rings. The Hall–Kier alpha value is -1.44. The van der Waals surface area contributed by atoms with Gasteiger partial charge in [-0.1, -0.05) is 5.16 Å². The zero-order valence-corrected chi connectivity index (χ0v) is 16.1. The molecule has 4 rings (SSSR count). The highest BCUT2D eigenvalue weighted by atomic mass is 35.5. The zero-order valence-electron chi connectivity index (χ0n) is 15.3. The zero-order chi connectivity index (χ0) is 16.9. The molecule has 3 heterocycles. The highest BCUT2D eigenvalue weighted by Crippen LogP contribution is 2.42. The fourth-order valence-corrected chi connectivity index (χ4v) is 3.28. The SMILES string of the molecule is CN1CCNCC1c1noc(-c2cc(C3CC3)n(C(C)(C)C)n2)n1.Cl. The van der Waals surface area contributed by atoms with Gasteiger partial charge in [-0.3, -0.25) is 9.58 Å². The molecule has 7 nitrogen and oxygen atoms in total. The predicted molar refractivity (Wildman–Crippen MR) is 98.0 cm³/mol. The third kappa shape index (κ3) is 3.59. The monoisotopic (exact) mass is 366 g/mol. The minimum Gasteiger partial charge on any atom is -0.332 e. The molecule has 0 spiro atoms. The molecule has 1 saturated carbocycles. The number of hydrogen-bond acceptors (Lipinski definition) is 6. The lowest BCUT2D eigenvalue weighted by atomic mass is 10.1. The van der Waals surface area contributed by atoms with Crippen LogP contribution in [-0.2, 0) is 5.54 Å². The molecular weight excluding hydrogens is 340 g/mol. The topological polar surface area (TPSA) is 72.0 Å². The highest BCUT2D eigenvalue weighted by molar-refractivity contribution is 5.85. The molecule has 1 aliphatic heterocycles. The summed E-state index contributed by atoms with van der Waals surface area (Å²) in [6.45, 7) is 9.36. The van der Waals surface area contributed by atoms with Gasteiger partial charge in [0.2, 0.25) is 0 Å². The van der Waals surface area contributed by atoms with E-state index in [9.17, 15) is 0 Å². The van der Waals surface area contributed by atoms with Crippen molar-refractivity contribution in [2.75, 3.05) is 26.7 Å². The summed E-state index contributed by atoms with van der Waals surface area (Å²) in [7, 11) is 2.10. The van der Waals surface area contributed by atoms with Crippen molar-refractivity contribution in [2.24, 2.45) is 0 Å². The number of aromatic nitrogens is 4. The lowest BCUT2D eigenvalue weighted by molar-refractivity contribution is 0.190. The Morgan fingerprint density at radius 2 is 2.04 bits per heavy atom. The fourth-order valence-electron chi connectivity index (χ4n) is 3.28. The van der Waals surface area contributed by atoms with E-state index in [-0.39, 0.29) is 24.0 Å². The van der Waals surface area contributed by atoms with Crippen LogP contribution in [-0.4, -0.2) is 51.5 Å². The molecule has 2 aliphatic rings. The van der Waals surface area contributed by atoms with Gasteiger partial charge in [0.1, 0.15) is 0 Å². The first-order valence-electron chi connectivity index (χ1n) is 8.79. The van der Waals surface area contributed by atoms with E-state index < -0.39 is 0 Å². The maximum Gasteiger partial charge on any atom is 0.278 e. The first kappa shape index (κ1) is 18.4. The normalized spacial score (nSPS) is 22.0. The van der Waals surface area contributed by atoms with Crippen LogP contribution in [0.15, 0.2) is 10.6 Å². The van der Waals surface area contributed by atoms with Crippen LogP contribution in [0.3, 0.4) is 0 Å². The first-order valence-corrected chi connectivity index (χ1v) is 8.79. The Morgan fingerprint density at radius 1 is 1.28 bits per heavy atom. The number of nitrogens with one attached hydrogen (secondary N) is 1. The van der Waals surface area contributed by atoms with Gasteiger partial charge in [-0.05, 0) is 46.7 Å².